The molecule has 5 nitrogen and oxygen atoms in total. The predicted octanol–water partition coefficient (Wildman–Crippen LogP) is 3.10. The minimum atomic E-state index is -4.86. The zero-order chi connectivity index (χ0) is 11.6. The number of halogens is 3. The molecule has 15 heavy (non-hydrogen) atoms. The number of nitrogens with zero attached hydrogens (tertiary/aromatic N) is 3. The van der Waals surface area contributed by atoms with Crippen molar-refractivity contribution < 1.29 is 18.1 Å². The maximum atomic E-state index is 12.3. The quantitative estimate of drug-likeness (QED) is 0.413. The second-order valence-electron chi connectivity index (χ2n) is 2.53. The maximum absolute atomic E-state index is 12.3. The van der Waals surface area contributed by atoms with Crippen molar-refractivity contribution in [3.8, 4) is 0 Å². The third-order valence-corrected chi connectivity index (χ3v) is 1.61. The average Bonchev–Trinajstić information content (AvgIpc) is 2.15. The van der Waals surface area contributed by atoms with Gasteiger partial charge in [0, 0.05) is 6.07 Å². The van der Waals surface area contributed by atoms with Crippen LogP contribution in [0.1, 0.15) is 5.56 Å². The molecule has 1 aromatic carbocycles. The molecule has 0 aromatic heterocycles. The standard InChI is InChI=1S/C7H3F3N3O2/c8-7(9,10)4-2-1-3-5(12-11)6(4)13(14)15/h1-3H/q+1. The molecule has 0 saturated carbocycles. The van der Waals surface area contributed by atoms with Gasteiger partial charge < -0.3 is 0 Å². The summed E-state index contributed by atoms with van der Waals surface area (Å²) in [4.78, 5) is 11.6. The molecule has 0 N–H and O–H groups in total. The molecule has 0 atom stereocenters. The van der Waals surface area contributed by atoms with Crippen molar-refractivity contribution in [3.05, 3.63) is 38.9 Å². The zero-order valence-corrected chi connectivity index (χ0v) is 7.02. The van der Waals surface area contributed by atoms with Crippen molar-refractivity contribution in [1.29, 1.82) is 5.39 Å². The van der Waals surface area contributed by atoms with Gasteiger partial charge in [-0.1, -0.05) is 6.07 Å². The first-order chi connectivity index (χ1) is 6.88. The molecule has 0 aliphatic heterocycles. The van der Waals surface area contributed by atoms with Crippen LogP contribution in [-0.4, -0.2) is 4.92 Å². The third kappa shape index (κ3) is 2.01. The van der Waals surface area contributed by atoms with Gasteiger partial charge in [0.1, 0.15) is 5.56 Å². The monoisotopic (exact) mass is 218 g/mol. The van der Waals surface area contributed by atoms with E-state index in [1.807, 2.05) is 0 Å². The zero-order valence-electron chi connectivity index (χ0n) is 7.02. The van der Waals surface area contributed by atoms with E-state index in [0.717, 1.165) is 12.1 Å². The SMILES string of the molecule is N#[N+]c1cccc(C(F)(F)F)c1[N+](=O)[O-]. The van der Waals surface area contributed by atoms with E-state index in [1.165, 1.54) is 0 Å². The molecule has 0 amide bonds. The lowest BCUT2D eigenvalue weighted by Crippen LogP contribution is -2.08. The second-order valence-corrected chi connectivity index (χ2v) is 2.53. The van der Waals surface area contributed by atoms with Gasteiger partial charge in [0.05, 0.1) is 4.92 Å². The Kier molecular flexibility index (Phi) is 2.57. The van der Waals surface area contributed by atoms with Crippen LogP contribution >= 0.6 is 0 Å². The minimum Gasteiger partial charge on any atom is -0.258 e. The third-order valence-electron chi connectivity index (χ3n) is 1.61. The van der Waals surface area contributed by atoms with Crippen molar-refractivity contribution in [2.45, 2.75) is 6.18 Å². The molecule has 0 fully saturated rings. The summed E-state index contributed by atoms with van der Waals surface area (Å²) >= 11 is 0. The largest absolute Gasteiger partial charge is 0.461 e. The highest BCUT2D eigenvalue weighted by Gasteiger charge is 2.43. The molecule has 0 spiro atoms. The van der Waals surface area contributed by atoms with E-state index in [4.69, 9.17) is 5.39 Å². The van der Waals surface area contributed by atoms with Gasteiger partial charge in [0.15, 0.2) is 4.98 Å². The van der Waals surface area contributed by atoms with E-state index in [1.54, 1.807) is 0 Å². The summed E-state index contributed by atoms with van der Waals surface area (Å²) in [6, 6.07) is 2.38. The number of nitro groups is 1. The lowest BCUT2D eigenvalue weighted by Gasteiger charge is -2.04. The molecule has 0 aliphatic rings. The summed E-state index contributed by atoms with van der Waals surface area (Å²) in [6.45, 7) is 0. The fourth-order valence-electron chi connectivity index (χ4n) is 1.03. The van der Waals surface area contributed by atoms with Gasteiger partial charge >= 0.3 is 17.6 Å². The van der Waals surface area contributed by atoms with Gasteiger partial charge in [0.25, 0.3) is 0 Å². The summed E-state index contributed by atoms with van der Waals surface area (Å²) in [7, 11) is 0. The Labute approximate surface area is 80.9 Å². The van der Waals surface area contributed by atoms with Crippen LogP contribution in [0.5, 0.6) is 0 Å². The van der Waals surface area contributed by atoms with Crippen LogP contribution in [-0.2, 0) is 6.18 Å². The average molecular weight is 218 g/mol. The predicted molar refractivity (Wildman–Crippen MR) is 42.8 cm³/mol. The minimum absolute atomic E-state index is 0.548. The van der Waals surface area contributed by atoms with Crippen LogP contribution in [0.15, 0.2) is 18.2 Å². The molecule has 1 aromatic rings. The van der Waals surface area contributed by atoms with E-state index >= 15 is 0 Å². The second kappa shape index (κ2) is 3.53. The lowest BCUT2D eigenvalue weighted by molar-refractivity contribution is -0.387. The van der Waals surface area contributed by atoms with Gasteiger partial charge in [-0.25, -0.2) is 0 Å². The normalized spacial score (nSPS) is 10.8. The van der Waals surface area contributed by atoms with Crippen molar-refractivity contribution in [1.82, 2.24) is 0 Å². The molecule has 78 valence electrons. The Morgan fingerprint density at radius 2 is 2.00 bits per heavy atom. The van der Waals surface area contributed by atoms with Gasteiger partial charge in [0.2, 0.25) is 5.39 Å². The summed E-state index contributed by atoms with van der Waals surface area (Å²) in [5.74, 6) is 0. The molecular formula is C7H3F3N3O2+. The number of nitro benzene ring substituents is 1. The molecule has 1 rings (SSSR count). The number of hydrogen-bond donors (Lipinski definition) is 0. The molecule has 0 heterocycles. The number of rotatable bonds is 1. The number of alkyl halides is 3. The van der Waals surface area contributed by atoms with Gasteiger partial charge in [-0.2, -0.15) is 13.2 Å². The fraction of sp³-hybridized carbons (Fsp3) is 0.143. The van der Waals surface area contributed by atoms with Crippen LogP contribution in [0.25, 0.3) is 4.98 Å². The highest BCUT2D eigenvalue weighted by molar-refractivity contribution is 5.66. The van der Waals surface area contributed by atoms with E-state index < -0.39 is 28.0 Å². The topological polar surface area (TPSA) is 71.3 Å². The van der Waals surface area contributed by atoms with E-state index in [9.17, 15) is 23.3 Å². The van der Waals surface area contributed by atoms with Crippen LogP contribution in [0.3, 0.4) is 0 Å². The van der Waals surface area contributed by atoms with Crippen LogP contribution in [0.4, 0.5) is 24.5 Å². The number of diazo groups is 1. The first-order valence-electron chi connectivity index (χ1n) is 3.57. The molecule has 0 saturated heterocycles. The Balaban J connectivity index is 3.55. The summed E-state index contributed by atoms with van der Waals surface area (Å²) in [5, 5.41) is 18.7. The van der Waals surface area contributed by atoms with Gasteiger partial charge in [-0.3, -0.25) is 10.1 Å². The van der Waals surface area contributed by atoms with Gasteiger partial charge in [-0.05, 0) is 6.07 Å². The maximum Gasteiger partial charge on any atom is 0.461 e. The molecule has 0 radical (unpaired) electrons. The highest BCUT2D eigenvalue weighted by Crippen LogP contribution is 2.40. The number of para-hydroxylation sites is 1. The van der Waals surface area contributed by atoms with Crippen molar-refractivity contribution in [3.63, 3.8) is 0 Å². The molecular weight excluding hydrogens is 215 g/mol. The fourth-order valence-corrected chi connectivity index (χ4v) is 1.03. The molecule has 0 aliphatic carbocycles. The first-order valence-corrected chi connectivity index (χ1v) is 3.57. The Bertz CT molecular complexity index is 450. The van der Waals surface area contributed by atoms with Crippen LogP contribution in [0, 0.1) is 15.5 Å². The Morgan fingerprint density at radius 1 is 1.40 bits per heavy atom. The van der Waals surface area contributed by atoms with Crippen molar-refractivity contribution in [2.24, 2.45) is 0 Å². The number of hydrogen-bond acceptors (Lipinski definition) is 3. The van der Waals surface area contributed by atoms with Crippen molar-refractivity contribution >= 4 is 11.4 Å². The highest BCUT2D eigenvalue weighted by atomic mass is 19.4. The molecule has 8 heteroatoms. The molecule has 0 bridgehead atoms. The van der Waals surface area contributed by atoms with Crippen LogP contribution in [0.2, 0.25) is 0 Å². The smallest absolute Gasteiger partial charge is 0.258 e. The van der Waals surface area contributed by atoms with Crippen molar-refractivity contribution in [2.75, 3.05) is 0 Å². The van der Waals surface area contributed by atoms with E-state index in [-0.39, 0.29) is 0 Å². The van der Waals surface area contributed by atoms with E-state index in [0.29, 0.717) is 6.07 Å². The van der Waals surface area contributed by atoms with Gasteiger partial charge in [-0.15, -0.1) is 0 Å². The number of benzene rings is 1. The summed E-state index contributed by atoms with van der Waals surface area (Å²) in [5.41, 5.74) is -3.43. The van der Waals surface area contributed by atoms with E-state index in [2.05, 4.69) is 4.98 Å². The molecule has 0 unspecified atom stereocenters. The summed E-state index contributed by atoms with van der Waals surface area (Å²) in [6.07, 6.45) is -4.86. The Hall–Kier alpha value is -2.17. The first kappa shape index (κ1) is 10.9. The summed E-state index contributed by atoms with van der Waals surface area (Å²) < 4.78 is 36.9. The van der Waals surface area contributed by atoms with Crippen LogP contribution < -0.4 is 0 Å². The lowest BCUT2D eigenvalue weighted by atomic mass is 10.1. The Morgan fingerprint density at radius 3 is 2.40 bits per heavy atom.